The zero-order valence-corrected chi connectivity index (χ0v) is 13.0. The Labute approximate surface area is 121 Å². The summed E-state index contributed by atoms with van der Waals surface area (Å²) in [4.78, 5) is 8.98. The number of nitrogens with two attached hydrogens (primary N) is 1. The van der Waals surface area contributed by atoms with E-state index in [2.05, 4.69) is 35.6 Å². The van der Waals surface area contributed by atoms with Crippen molar-refractivity contribution in [2.24, 2.45) is 0 Å². The minimum absolute atomic E-state index is 0.456. The van der Waals surface area contributed by atoms with Crippen molar-refractivity contribution in [3.05, 3.63) is 17.3 Å². The van der Waals surface area contributed by atoms with E-state index in [1.807, 2.05) is 6.07 Å². The van der Waals surface area contributed by atoms with Crippen LogP contribution in [0.3, 0.4) is 0 Å². The highest BCUT2D eigenvalue weighted by Crippen LogP contribution is 2.19. The molecule has 108 valence electrons. The summed E-state index contributed by atoms with van der Waals surface area (Å²) >= 11 is 5.95. The van der Waals surface area contributed by atoms with Gasteiger partial charge < -0.3 is 15.5 Å². The van der Waals surface area contributed by atoms with E-state index in [1.165, 1.54) is 0 Å². The minimum atomic E-state index is 0.456. The van der Waals surface area contributed by atoms with Gasteiger partial charge in [0, 0.05) is 24.8 Å². The van der Waals surface area contributed by atoms with Crippen molar-refractivity contribution in [1.82, 2.24) is 9.88 Å². The second-order valence-electron chi connectivity index (χ2n) is 4.54. The Morgan fingerprint density at radius 3 is 2.32 bits per heavy atom. The van der Waals surface area contributed by atoms with Crippen LogP contribution in [0.1, 0.15) is 27.2 Å². The summed E-state index contributed by atoms with van der Waals surface area (Å²) in [5.74, 6) is 0.868. The summed E-state index contributed by atoms with van der Waals surface area (Å²) in [6, 6.07) is 3.56. The minimum Gasteiger partial charge on any atom is -0.399 e. The summed E-state index contributed by atoms with van der Waals surface area (Å²) in [5.41, 5.74) is 6.48. The summed E-state index contributed by atoms with van der Waals surface area (Å²) in [7, 11) is 0. The van der Waals surface area contributed by atoms with Gasteiger partial charge in [0.2, 0.25) is 0 Å². The first-order valence-electron chi connectivity index (χ1n) is 7.01. The lowest BCUT2D eigenvalue weighted by molar-refractivity contribution is 0.300. The predicted octanol–water partition coefficient (Wildman–Crippen LogP) is 2.88. The molecule has 2 N–H and O–H groups in total. The summed E-state index contributed by atoms with van der Waals surface area (Å²) in [6.07, 6.45) is 1.11. The lowest BCUT2D eigenvalue weighted by atomic mass is 10.3. The second-order valence-corrected chi connectivity index (χ2v) is 4.93. The summed E-state index contributed by atoms with van der Waals surface area (Å²) < 4.78 is 0. The molecule has 0 aliphatic carbocycles. The quantitative estimate of drug-likeness (QED) is 0.746. The molecule has 0 radical (unpaired) electrons. The molecule has 1 aromatic heterocycles. The van der Waals surface area contributed by atoms with Gasteiger partial charge in [-0.1, -0.05) is 25.4 Å². The van der Waals surface area contributed by atoms with E-state index >= 15 is 0 Å². The summed E-state index contributed by atoms with van der Waals surface area (Å²) in [5, 5.41) is 0.456. The number of pyridine rings is 1. The molecule has 0 aromatic carbocycles. The maximum absolute atomic E-state index is 5.95. The van der Waals surface area contributed by atoms with Crippen LogP contribution in [-0.4, -0.2) is 42.6 Å². The molecule has 0 bridgehead atoms. The average Bonchev–Trinajstić information content (AvgIpc) is 2.38. The maximum atomic E-state index is 5.95. The van der Waals surface area contributed by atoms with Crippen molar-refractivity contribution >= 4 is 23.1 Å². The van der Waals surface area contributed by atoms with Crippen LogP contribution in [0.25, 0.3) is 0 Å². The molecule has 19 heavy (non-hydrogen) atoms. The lowest BCUT2D eigenvalue weighted by Crippen LogP contribution is -2.30. The molecular formula is C14H25ClN4. The molecule has 0 unspecified atom stereocenters. The largest absolute Gasteiger partial charge is 0.399 e. The van der Waals surface area contributed by atoms with Crippen molar-refractivity contribution in [1.29, 1.82) is 0 Å². The molecule has 0 fully saturated rings. The molecule has 1 aromatic rings. The molecule has 0 atom stereocenters. The number of halogens is 1. The number of rotatable bonds is 8. The third-order valence-corrected chi connectivity index (χ3v) is 3.50. The van der Waals surface area contributed by atoms with Gasteiger partial charge in [0.25, 0.3) is 0 Å². The predicted molar refractivity (Wildman–Crippen MR) is 84.0 cm³/mol. The third kappa shape index (κ3) is 5.25. The molecule has 4 nitrogen and oxygen atoms in total. The summed E-state index contributed by atoms with van der Waals surface area (Å²) in [6.45, 7) is 11.7. The first-order chi connectivity index (χ1) is 9.10. The molecule has 0 saturated heterocycles. The highest BCUT2D eigenvalue weighted by atomic mass is 35.5. The van der Waals surface area contributed by atoms with Gasteiger partial charge in [-0.05, 0) is 39.0 Å². The van der Waals surface area contributed by atoms with Gasteiger partial charge in [0.15, 0.2) is 0 Å². The van der Waals surface area contributed by atoms with E-state index in [-0.39, 0.29) is 0 Å². The lowest BCUT2D eigenvalue weighted by Gasteiger charge is -2.24. The Morgan fingerprint density at radius 1 is 1.11 bits per heavy atom. The topological polar surface area (TPSA) is 45.4 Å². The third-order valence-electron chi connectivity index (χ3n) is 3.31. The number of anilines is 2. The van der Waals surface area contributed by atoms with Crippen LogP contribution in [0.2, 0.25) is 5.15 Å². The number of aromatic nitrogens is 1. The molecular weight excluding hydrogens is 260 g/mol. The molecule has 1 heterocycles. The Hall–Kier alpha value is -1.00. The Balaban J connectivity index is 2.58. The fourth-order valence-electron chi connectivity index (χ4n) is 2.12. The first kappa shape index (κ1) is 16.1. The SMILES string of the molecule is CCN(CC)CCCN(CC)c1cc(N)cc(Cl)n1. The van der Waals surface area contributed by atoms with Gasteiger partial charge in [0.1, 0.15) is 11.0 Å². The van der Waals surface area contributed by atoms with Crippen LogP contribution in [-0.2, 0) is 0 Å². The molecule has 0 saturated carbocycles. The monoisotopic (exact) mass is 284 g/mol. The van der Waals surface area contributed by atoms with E-state index in [4.69, 9.17) is 17.3 Å². The van der Waals surface area contributed by atoms with Gasteiger partial charge in [-0.25, -0.2) is 4.98 Å². The standard InChI is InChI=1S/C14H25ClN4/c1-4-18(5-2)8-7-9-19(6-3)14-11-12(16)10-13(15)17-14/h10-11H,4-9H2,1-3H3,(H2,16,17). The fourth-order valence-corrected chi connectivity index (χ4v) is 2.34. The molecule has 0 aliphatic heterocycles. The zero-order valence-electron chi connectivity index (χ0n) is 12.2. The smallest absolute Gasteiger partial charge is 0.133 e. The van der Waals surface area contributed by atoms with E-state index in [1.54, 1.807) is 6.07 Å². The van der Waals surface area contributed by atoms with Crippen LogP contribution in [0.15, 0.2) is 12.1 Å². The average molecular weight is 285 g/mol. The van der Waals surface area contributed by atoms with E-state index < -0.39 is 0 Å². The van der Waals surface area contributed by atoms with Crippen molar-refractivity contribution in [3.63, 3.8) is 0 Å². The van der Waals surface area contributed by atoms with Crippen molar-refractivity contribution in [2.75, 3.05) is 43.4 Å². The number of nitrogen functional groups attached to an aromatic ring is 1. The number of hydrogen-bond acceptors (Lipinski definition) is 4. The van der Waals surface area contributed by atoms with Crippen LogP contribution >= 0.6 is 11.6 Å². The zero-order chi connectivity index (χ0) is 14.3. The number of nitrogens with zero attached hydrogens (tertiary/aromatic N) is 3. The van der Waals surface area contributed by atoms with Gasteiger partial charge in [-0.3, -0.25) is 0 Å². The van der Waals surface area contributed by atoms with Crippen LogP contribution < -0.4 is 10.6 Å². The Morgan fingerprint density at radius 2 is 1.79 bits per heavy atom. The van der Waals surface area contributed by atoms with Crippen molar-refractivity contribution < 1.29 is 0 Å². The molecule has 0 amide bonds. The highest BCUT2D eigenvalue weighted by molar-refractivity contribution is 6.29. The molecule has 0 spiro atoms. The van der Waals surface area contributed by atoms with Crippen LogP contribution in [0, 0.1) is 0 Å². The normalized spacial score (nSPS) is 11.0. The van der Waals surface area contributed by atoms with Crippen LogP contribution in [0.5, 0.6) is 0 Å². The van der Waals surface area contributed by atoms with Gasteiger partial charge in [-0.15, -0.1) is 0 Å². The first-order valence-corrected chi connectivity index (χ1v) is 7.38. The van der Waals surface area contributed by atoms with Gasteiger partial charge in [-0.2, -0.15) is 0 Å². The fraction of sp³-hybridized carbons (Fsp3) is 0.643. The Bertz CT molecular complexity index is 359. The van der Waals surface area contributed by atoms with E-state index in [9.17, 15) is 0 Å². The highest BCUT2D eigenvalue weighted by Gasteiger charge is 2.08. The van der Waals surface area contributed by atoms with Gasteiger partial charge >= 0.3 is 0 Å². The molecule has 1 rings (SSSR count). The van der Waals surface area contributed by atoms with Crippen LogP contribution in [0.4, 0.5) is 11.5 Å². The second kappa shape index (κ2) is 8.23. The van der Waals surface area contributed by atoms with E-state index in [0.717, 1.165) is 45.0 Å². The molecule has 5 heteroatoms. The van der Waals surface area contributed by atoms with Crippen molar-refractivity contribution in [2.45, 2.75) is 27.2 Å². The molecule has 0 aliphatic rings. The van der Waals surface area contributed by atoms with E-state index in [0.29, 0.717) is 10.8 Å². The Kier molecular flexibility index (Phi) is 6.95. The van der Waals surface area contributed by atoms with Gasteiger partial charge in [0.05, 0.1) is 0 Å². The maximum Gasteiger partial charge on any atom is 0.133 e. The van der Waals surface area contributed by atoms with Crippen molar-refractivity contribution in [3.8, 4) is 0 Å². The number of hydrogen-bond donors (Lipinski definition) is 1.